The second-order valence-corrected chi connectivity index (χ2v) is 7.31. The van der Waals surface area contributed by atoms with Crippen molar-refractivity contribution in [3.8, 4) is 0 Å². The zero-order valence-electron chi connectivity index (χ0n) is 16.2. The molecule has 0 saturated carbocycles. The first kappa shape index (κ1) is 21.8. The number of benzene rings is 1. The fraction of sp³-hybridized carbons (Fsp3) is 0.579. The predicted molar refractivity (Wildman–Crippen MR) is 98.7 cm³/mol. The van der Waals surface area contributed by atoms with Crippen molar-refractivity contribution in [2.24, 2.45) is 0 Å². The lowest BCUT2D eigenvalue weighted by molar-refractivity contribution is 0.0151. The molecule has 1 aromatic carbocycles. The molecule has 1 atom stereocenters. The average molecular weight is 366 g/mol. The van der Waals surface area contributed by atoms with Crippen molar-refractivity contribution >= 4 is 12.2 Å². The Hall–Kier alpha value is -2.28. The molecule has 0 radical (unpaired) electrons. The summed E-state index contributed by atoms with van der Waals surface area (Å²) in [7, 11) is 0. The third-order valence-electron chi connectivity index (χ3n) is 3.42. The van der Waals surface area contributed by atoms with Crippen LogP contribution in [0.5, 0.6) is 0 Å². The van der Waals surface area contributed by atoms with Gasteiger partial charge in [0.15, 0.2) is 0 Å². The number of alkyl carbamates (subject to hydrolysis) is 1. The van der Waals surface area contributed by atoms with Crippen LogP contribution in [0.4, 0.5) is 9.59 Å². The molecule has 0 spiro atoms. The Bertz CT molecular complexity index is 569. The summed E-state index contributed by atoms with van der Waals surface area (Å²) in [4.78, 5) is 25.7. The van der Waals surface area contributed by atoms with Crippen LogP contribution in [0.3, 0.4) is 0 Å². The van der Waals surface area contributed by atoms with Gasteiger partial charge in [0, 0.05) is 12.6 Å². The minimum atomic E-state index is -0.659. The number of aliphatic hydroxyl groups excluding tert-OH is 1. The number of nitrogens with one attached hydrogen (secondary N) is 1. The van der Waals surface area contributed by atoms with Crippen molar-refractivity contribution in [3.05, 3.63) is 35.9 Å². The quantitative estimate of drug-likeness (QED) is 0.775. The number of ether oxygens (including phenoxy) is 2. The molecule has 2 N–H and O–H groups in total. The lowest BCUT2D eigenvalue weighted by Crippen LogP contribution is -2.51. The van der Waals surface area contributed by atoms with Crippen LogP contribution in [0.1, 0.15) is 40.2 Å². The van der Waals surface area contributed by atoms with Gasteiger partial charge in [-0.1, -0.05) is 30.3 Å². The van der Waals surface area contributed by atoms with E-state index in [9.17, 15) is 14.7 Å². The first-order valence-electron chi connectivity index (χ1n) is 8.70. The number of carbonyl (C=O) groups excluding carboxylic acids is 2. The van der Waals surface area contributed by atoms with Gasteiger partial charge < -0.3 is 24.8 Å². The minimum absolute atomic E-state index is 0.115. The smallest absolute Gasteiger partial charge is 0.410 e. The molecule has 7 nitrogen and oxygen atoms in total. The van der Waals surface area contributed by atoms with Gasteiger partial charge in [0.1, 0.15) is 12.2 Å². The molecule has 1 rings (SSSR count). The van der Waals surface area contributed by atoms with E-state index in [1.54, 1.807) is 20.8 Å². The maximum absolute atomic E-state index is 12.3. The van der Waals surface area contributed by atoms with E-state index in [1.807, 2.05) is 44.2 Å². The highest BCUT2D eigenvalue weighted by Crippen LogP contribution is 2.12. The lowest BCUT2D eigenvalue weighted by Gasteiger charge is -2.32. The minimum Gasteiger partial charge on any atom is -0.445 e. The lowest BCUT2D eigenvalue weighted by atomic mass is 10.2. The Morgan fingerprint density at radius 1 is 1.19 bits per heavy atom. The topological polar surface area (TPSA) is 88.1 Å². The fourth-order valence-corrected chi connectivity index (χ4v) is 2.13. The van der Waals surface area contributed by atoms with Crippen molar-refractivity contribution in [1.82, 2.24) is 10.2 Å². The molecule has 0 aliphatic heterocycles. The van der Waals surface area contributed by atoms with E-state index in [-0.39, 0.29) is 25.8 Å². The number of nitrogens with zero attached hydrogens (tertiary/aromatic N) is 1. The highest BCUT2D eigenvalue weighted by molar-refractivity contribution is 5.69. The molecule has 26 heavy (non-hydrogen) atoms. The van der Waals surface area contributed by atoms with Crippen LogP contribution in [0.25, 0.3) is 0 Å². The Morgan fingerprint density at radius 3 is 2.31 bits per heavy atom. The van der Waals surface area contributed by atoms with Crippen molar-refractivity contribution in [1.29, 1.82) is 0 Å². The number of rotatable bonds is 7. The van der Waals surface area contributed by atoms with Crippen molar-refractivity contribution in [2.75, 3.05) is 13.2 Å². The molecule has 0 bridgehead atoms. The molecule has 0 aliphatic rings. The molecule has 0 aliphatic carbocycles. The Kier molecular flexibility index (Phi) is 8.38. The summed E-state index contributed by atoms with van der Waals surface area (Å²) < 4.78 is 10.5. The van der Waals surface area contributed by atoms with Gasteiger partial charge in [-0.25, -0.2) is 9.59 Å². The summed E-state index contributed by atoms with van der Waals surface area (Å²) >= 11 is 0. The van der Waals surface area contributed by atoms with Gasteiger partial charge >= 0.3 is 12.2 Å². The molecule has 0 unspecified atom stereocenters. The summed E-state index contributed by atoms with van der Waals surface area (Å²) in [5.74, 6) is 0. The van der Waals surface area contributed by atoms with Gasteiger partial charge in [-0.05, 0) is 40.2 Å². The van der Waals surface area contributed by atoms with Crippen LogP contribution in [-0.2, 0) is 16.1 Å². The van der Waals surface area contributed by atoms with Crippen LogP contribution in [0.2, 0.25) is 0 Å². The third-order valence-corrected chi connectivity index (χ3v) is 3.42. The van der Waals surface area contributed by atoms with E-state index in [1.165, 1.54) is 4.90 Å². The van der Waals surface area contributed by atoms with Gasteiger partial charge in [0.05, 0.1) is 12.6 Å². The number of amides is 2. The molecule has 0 saturated heterocycles. The molecule has 2 amide bonds. The van der Waals surface area contributed by atoms with E-state index in [0.717, 1.165) is 5.56 Å². The highest BCUT2D eigenvalue weighted by Gasteiger charge is 2.27. The standard InChI is InChI=1S/C19H30N2O5/c1-14(2)21(18(24)26-19(3,4)5)11-16(12-22)20-17(23)25-13-15-9-7-6-8-10-15/h6-10,14,16,22H,11-13H2,1-5H3,(H,20,23)/t16-/m0/s1. The first-order valence-corrected chi connectivity index (χ1v) is 8.70. The molecular weight excluding hydrogens is 336 g/mol. The van der Waals surface area contributed by atoms with Gasteiger partial charge in [0.2, 0.25) is 0 Å². The Balaban J connectivity index is 2.59. The molecule has 0 fully saturated rings. The first-order chi connectivity index (χ1) is 12.1. The van der Waals surface area contributed by atoms with E-state index >= 15 is 0 Å². The van der Waals surface area contributed by atoms with E-state index in [4.69, 9.17) is 9.47 Å². The molecular formula is C19H30N2O5. The summed E-state index contributed by atoms with van der Waals surface area (Å²) in [6, 6.07) is 8.47. The van der Waals surface area contributed by atoms with Gasteiger partial charge in [-0.15, -0.1) is 0 Å². The van der Waals surface area contributed by atoms with E-state index in [0.29, 0.717) is 0 Å². The van der Waals surface area contributed by atoms with Crippen LogP contribution in [0.15, 0.2) is 30.3 Å². The maximum atomic E-state index is 12.3. The highest BCUT2D eigenvalue weighted by atomic mass is 16.6. The number of hydrogen-bond donors (Lipinski definition) is 2. The van der Waals surface area contributed by atoms with Crippen molar-refractivity contribution < 1.29 is 24.2 Å². The van der Waals surface area contributed by atoms with Gasteiger partial charge in [-0.3, -0.25) is 0 Å². The monoisotopic (exact) mass is 366 g/mol. The zero-order valence-corrected chi connectivity index (χ0v) is 16.2. The summed E-state index contributed by atoms with van der Waals surface area (Å²) in [5.41, 5.74) is 0.238. The molecule has 7 heteroatoms. The summed E-state index contributed by atoms with van der Waals surface area (Å²) in [5, 5.41) is 12.1. The normalized spacial score (nSPS) is 12.4. The Labute approximate surface area is 155 Å². The SMILES string of the molecule is CC(C)N(C[C@@H](CO)NC(=O)OCc1ccccc1)C(=O)OC(C)(C)C. The average Bonchev–Trinajstić information content (AvgIpc) is 2.55. The molecule has 0 aromatic heterocycles. The van der Waals surface area contributed by atoms with E-state index in [2.05, 4.69) is 5.32 Å². The number of aliphatic hydroxyl groups is 1. The largest absolute Gasteiger partial charge is 0.445 e. The predicted octanol–water partition coefficient (Wildman–Crippen LogP) is 2.92. The van der Waals surface area contributed by atoms with E-state index < -0.39 is 23.8 Å². The van der Waals surface area contributed by atoms with Crippen molar-refractivity contribution in [2.45, 2.75) is 58.9 Å². The number of hydrogen-bond acceptors (Lipinski definition) is 5. The maximum Gasteiger partial charge on any atom is 0.410 e. The number of carbonyl (C=O) groups is 2. The van der Waals surface area contributed by atoms with Crippen LogP contribution in [0, 0.1) is 0 Å². The van der Waals surface area contributed by atoms with Crippen LogP contribution >= 0.6 is 0 Å². The molecule has 146 valence electrons. The third kappa shape index (κ3) is 8.20. The summed E-state index contributed by atoms with van der Waals surface area (Å²) in [6.07, 6.45) is -1.15. The fourth-order valence-electron chi connectivity index (χ4n) is 2.13. The second kappa shape index (κ2) is 10.0. The van der Waals surface area contributed by atoms with Gasteiger partial charge in [0.25, 0.3) is 0 Å². The summed E-state index contributed by atoms with van der Waals surface area (Å²) in [6.45, 7) is 8.95. The van der Waals surface area contributed by atoms with Crippen LogP contribution < -0.4 is 5.32 Å². The van der Waals surface area contributed by atoms with Crippen molar-refractivity contribution in [3.63, 3.8) is 0 Å². The molecule has 0 heterocycles. The second-order valence-electron chi connectivity index (χ2n) is 7.31. The Morgan fingerprint density at radius 2 is 1.81 bits per heavy atom. The van der Waals surface area contributed by atoms with Crippen LogP contribution in [-0.4, -0.2) is 53.0 Å². The molecule has 1 aromatic rings. The van der Waals surface area contributed by atoms with Gasteiger partial charge in [-0.2, -0.15) is 0 Å². The zero-order chi connectivity index (χ0) is 19.7.